The summed E-state index contributed by atoms with van der Waals surface area (Å²) in [5.41, 5.74) is 7.77. The average Bonchev–Trinajstić information content (AvgIpc) is 2.29. The molecule has 0 bridgehead atoms. The highest BCUT2D eigenvalue weighted by molar-refractivity contribution is 5.27. The molecule has 0 unspecified atom stereocenters. The molecule has 0 aromatic heterocycles. The van der Waals surface area contributed by atoms with Crippen LogP contribution in [-0.4, -0.2) is 18.0 Å². The molecule has 0 atom stereocenters. The summed E-state index contributed by atoms with van der Waals surface area (Å²) in [6, 6.07) is 4.95. The van der Waals surface area contributed by atoms with E-state index in [0.29, 0.717) is 18.4 Å². The highest BCUT2D eigenvalue weighted by Gasteiger charge is 2.12. The third-order valence-electron chi connectivity index (χ3n) is 3.03. The summed E-state index contributed by atoms with van der Waals surface area (Å²) in [6.07, 6.45) is 0. The van der Waals surface area contributed by atoms with Gasteiger partial charge >= 0.3 is 0 Å². The van der Waals surface area contributed by atoms with Gasteiger partial charge < -0.3 is 5.73 Å². The summed E-state index contributed by atoms with van der Waals surface area (Å²) in [5.74, 6) is 1.05. The fraction of sp³-hybridized carbons (Fsp3) is 0.625. The molecule has 0 aliphatic carbocycles. The lowest BCUT2D eigenvalue weighted by atomic mass is 10.0. The van der Waals surface area contributed by atoms with Crippen LogP contribution in [0.15, 0.2) is 18.2 Å². The fourth-order valence-electron chi connectivity index (χ4n) is 2.42. The number of hydrogen-bond acceptors (Lipinski definition) is 2. The van der Waals surface area contributed by atoms with E-state index in [1.54, 1.807) is 6.07 Å². The van der Waals surface area contributed by atoms with Crippen LogP contribution in [0.25, 0.3) is 0 Å². The molecule has 0 amide bonds. The number of benzene rings is 1. The van der Waals surface area contributed by atoms with Gasteiger partial charge in [-0.2, -0.15) is 0 Å². The Kier molecular flexibility index (Phi) is 6.46. The van der Waals surface area contributed by atoms with E-state index >= 15 is 0 Å². The Morgan fingerprint density at radius 1 is 1.05 bits per heavy atom. The first-order valence-electron chi connectivity index (χ1n) is 7.12. The molecule has 0 aliphatic heterocycles. The van der Waals surface area contributed by atoms with Crippen molar-refractivity contribution in [3.63, 3.8) is 0 Å². The second-order valence-electron chi connectivity index (χ2n) is 6.10. The quantitative estimate of drug-likeness (QED) is 0.819. The van der Waals surface area contributed by atoms with Gasteiger partial charge in [-0.25, -0.2) is 4.39 Å². The molecular formula is C16H27FN2. The van der Waals surface area contributed by atoms with E-state index in [-0.39, 0.29) is 5.82 Å². The summed E-state index contributed by atoms with van der Waals surface area (Å²) < 4.78 is 13.2. The molecule has 108 valence electrons. The molecule has 0 aliphatic rings. The zero-order valence-corrected chi connectivity index (χ0v) is 12.6. The minimum Gasteiger partial charge on any atom is -0.326 e. The minimum atomic E-state index is -0.205. The highest BCUT2D eigenvalue weighted by atomic mass is 19.1. The van der Waals surface area contributed by atoms with E-state index < -0.39 is 0 Å². The van der Waals surface area contributed by atoms with Crippen molar-refractivity contribution in [2.45, 2.75) is 40.8 Å². The van der Waals surface area contributed by atoms with E-state index in [4.69, 9.17) is 5.73 Å². The highest BCUT2D eigenvalue weighted by Crippen LogP contribution is 2.15. The summed E-state index contributed by atoms with van der Waals surface area (Å²) in [5, 5.41) is 0. The number of hydrogen-bond donors (Lipinski definition) is 1. The predicted octanol–water partition coefficient (Wildman–Crippen LogP) is 3.40. The van der Waals surface area contributed by atoms with Crippen LogP contribution in [0.4, 0.5) is 4.39 Å². The Balaban J connectivity index is 2.82. The van der Waals surface area contributed by atoms with Crippen molar-refractivity contribution >= 4 is 0 Å². The molecule has 2 nitrogen and oxygen atoms in total. The molecular weight excluding hydrogens is 239 g/mol. The number of nitrogens with two attached hydrogens (primary N) is 1. The lowest BCUT2D eigenvalue weighted by molar-refractivity contribution is 0.211. The third-order valence-corrected chi connectivity index (χ3v) is 3.03. The Hall–Kier alpha value is -0.930. The minimum absolute atomic E-state index is 0.205. The zero-order chi connectivity index (χ0) is 14.4. The number of rotatable bonds is 7. The van der Waals surface area contributed by atoms with Crippen LogP contribution in [0.5, 0.6) is 0 Å². The molecule has 1 aromatic rings. The number of nitrogens with zero attached hydrogens (tertiary/aromatic N) is 1. The first kappa shape index (κ1) is 16.1. The normalized spacial score (nSPS) is 11.8. The van der Waals surface area contributed by atoms with Crippen molar-refractivity contribution in [3.8, 4) is 0 Å². The lowest BCUT2D eigenvalue weighted by Gasteiger charge is -2.27. The monoisotopic (exact) mass is 266 g/mol. The summed E-state index contributed by atoms with van der Waals surface area (Å²) in [6.45, 7) is 12.2. The molecule has 1 aromatic carbocycles. The first-order valence-corrected chi connectivity index (χ1v) is 7.12. The topological polar surface area (TPSA) is 29.3 Å². The Morgan fingerprint density at radius 3 is 2.11 bits per heavy atom. The second-order valence-corrected chi connectivity index (χ2v) is 6.10. The van der Waals surface area contributed by atoms with Crippen molar-refractivity contribution in [2.75, 3.05) is 13.1 Å². The smallest absolute Gasteiger partial charge is 0.123 e. The Labute approximate surface area is 116 Å². The second kappa shape index (κ2) is 7.61. The van der Waals surface area contributed by atoms with Gasteiger partial charge in [0.15, 0.2) is 0 Å². The Morgan fingerprint density at radius 2 is 1.63 bits per heavy atom. The molecule has 0 saturated carbocycles. The van der Waals surface area contributed by atoms with Gasteiger partial charge in [-0.05, 0) is 35.1 Å². The first-order chi connectivity index (χ1) is 8.92. The molecule has 1 rings (SSSR count). The predicted molar refractivity (Wildman–Crippen MR) is 79.2 cm³/mol. The van der Waals surface area contributed by atoms with Gasteiger partial charge in [-0.15, -0.1) is 0 Å². The molecule has 2 N–H and O–H groups in total. The van der Waals surface area contributed by atoms with E-state index in [1.807, 2.05) is 6.07 Å². The van der Waals surface area contributed by atoms with Crippen LogP contribution >= 0.6 is 0 Å². The van der Waals surface area contributed by atoms with E-state index in [0.717, 1.165) is 30.8 Å². The van der Waals surface area contributed by atoms with Gasteiger partial charge in [-0.1, -0.05) is 33.8 Å². The van der Waals surface area contributed by atoms with Crippen LogP contribution in [0.2, 0.25) is 0 Å². The molecule has 3 heteroatoms. The van der Waals surface area contributed by atoms with Crippen molar-refractivity contribution in [2.24, 2.45) is 17.6 Å². The maximum absolute atomic E-state index is 13.2. The largest absolute Gasteiger partial charge is 0.326 e. The fourth-order valence-corrected chi connectivity index (χ4v) is 2.42. The molecule has 0 heterocycles. The van der Waals surface area contributed by atoms with Crippen molar-refractivity contribution < 1.29 is 4.39 Å². The van der Waals surface area contributed by atoms with Gasteiger partial charge in [0.25, 0.3) is 0 Å². The average molecular weight is 266 g/mol. The van der Waals surface area contributed by atoms with Crippen LogP contribution in [-0.2, 0) is 13.1 Å². The van der Waals surface area contributed by atoms with Crippen LogP contribution in [0, 0.1) is 17.7 Å². The summed E-state index contributed by atoms with van der Waals surface area (Å²) >= 11 is 0. The zero-order valence-electron chi connectivity index (χ0n) is 12.6. The maximum atomic E-state index is 13.2. The molecule has 0 fully saturated rings. The van der Waals surface area contributed by atoms with Gasteiger partial charge in [0.1, 0.15) is 5.82 Å². The Bertz CT molecular complexity index is 378. The van der Waals surface area contributed by atoms with Crippen molar-refractivity contribution in [1.82, 2.24) is 4.90 Å². The van der Waals surface area contributed by atoms with Gasteiger partial charge in [-0.3, -0.25) is 4.90 Å². The van der Waals surface area contributed by atoms with Crippen LogP contribution in [0.3, 0.4) is 0 Å². The molecule has 0 saturated heterocycles. The van der Waals surface area contributed by atoms with E-state index in [9.17, 15) is 4.39 Å². The summed E-state index contributed by atoms with van der Waals surface area (Å²) in [4.78, 5) is 2.43. The van der Waals surface area contributed by atoms with Crippen molar-refractivity contribution in [1.29, 1.82) is 0 Å². The molecule has 19 heavy (non-hydrogen) atoms. The van der Waals surface area contributed by atoms with Gasteiger partial charge in [0.2, 0.25) is 0 Å². The van der Waals surface area contributed by atoms with E-state index in [2.05, 4.69) is 32.6 Å². The standard InChI is InChI=1S/C16H27FN2/c1-12(2)9-19(10-13(3)4)11-14-5-6-16(17)7-15(14)8-18/h5-7,12-13H,8-11,18H2,1-4H3. The maximum Gasteiger partial charge on any atom is 0.123 e. The van der Waals surface area contributed by atoms with Crippen molar-refractivity contribution in [3.05, 3.63) is 35.1 Å². The molecule has 0 radical (unpaired) electrons. The summed E-state index contributed by atoms with van der Waals surface area (Å²) in [7, 11) is 0. The SMILES string of the molecule is CC(C)CN(Cc1ccc(F)cc1CN)CC(C)C. The molecule has 0 spiro atoms. The van der Waals surface area contributed by atoms with Crippen LogP contribution < -0.4 is 5.73 Å². The van der Waals surface area contributed by atoms with Gasteiger partial charge in [0, 0.05) is 26.2 Å². The van der Waals surface area contributed by atoms with Gasteiger partial charge in [0.05, 0.1) is 0 Å². The number of halogens is 1. The van der Waals surface area contributed by atoms with E-state index in [1.165, 1.54) is 6.07 Å². The third kappa shape index (κ3) is 5.70. The lowest BCUT2D eigenvalue weighted by Crippen LogP contribution is -2.31. The van der Waals surface area contributed by atoms with Crippen LogP contribution in [0.1, 0.15) is 38.8 Å².